The average Bonchev–Trinajstić information content (AvgIpc) is 2.44. The molecule has 1 unspecified atom stereocenters. The van der Waals surface area contributed by atoms with Crippen LogP contribution in [0, 0.1) is 0 Å². The number of esters is 1. The van der Waals surface area contributed by atoms with E-state index in [-0.39, 0.29) is 18.7 Å². The first-order chi connectivity index (χ1) is 9.19. The smallest absolute Gasteiger partial charge is 0.344 e. The van der Waals surface area contributed by atoms with Crippen molar-refractivity contribution in [1.82, 2.24) is 0 Å². The van der Waals surface area contributed by atoms with Crippen LogP contribution in [0.5, 0.6) is 5.75 Å². The second-order valence-electron chi connectivity index (χ2n) is 5.14. The van der Waals surface area contributed by atoms with E-state index in [1.54, 1.807) is 0 Å². The van der Waals surface area contributed by atoms with Crippen molar-refractivity contribution in [2.24, 2.45) is 0 Å². The largest absolute Gasteiger partial charge is 0.482 e. The lowest BCUT2D eigenvalue weighted by Crippen LogP contribution is -2.20. The molecule has 0 radical (unpaired) electrons. The Balaban J connectivity index is 1.87. The highest BCUT2D eigenvalue weighted by Gasteiger charge is 2.12. The van der Waals surface area contributed by atoms with Gasteiger partial charge in [0.15, 0.2) is 6.61 Å². The molecular weight excluding hydrogens is 240 g/mol. The predicted molar refractivity (Wildman–Crippen MR) is 74.4 cm³/mol. The maximum Gasteiger partial charge on any atom is 0.344 e. The molecule has 1 aliphatic rings. The third-order valence-corrected chi connectivity index (χ3v) is 3.58. The Morgan fingerprint density at radius 2 is 2.00 bits per heavy atom. The summed E-state index contributed by atoms with van der Waals surface area (Å²) in [6.45, 7) is 3.86. The van der Waals surface area contributed by atoms with Gasteiger partial charge in [-0.2, -0.15) is 0 Å². The van der Waals surface area contributed by atoms with Crippen molar-refractivity contribution in [2.45, 2.75) is 52.1 Å². The summed E-state index contributed by atoms with van der Waals surface area (Å²) in [6, 6.07) is 6.12. The van der Waals surface area contributed by atoms with E-state index >= 15 is 0 Å². The molecule has 0 heterocycles. The molecule has 1 aromatic carbocycles. The molecule has 0 saturated heterocycles. The standard InChI is InChI=1S/C16H22O3/c1-3-12(2)19-16(17)11-18-15-9-8-13-6-4-5-7-14(13)10-15/h8-10,12H,3-7,11H2,1-2H3. The molecule has 0 aliphatic heterocycles. The van der Waals surface area contributed by atoms with Crippen molar-refractivity contribution in [2.75, 3.05) is 6.61 Å². The lowest BCUT2D eigenvalue weighted by atomic mass is 9.92. The number of hydrogen-bond donors (Lipinski definition) is 0. The number of aryl methyl sites for hydroxylation is 2. The van der Waals surface area contributed by atoms with E-state index in [0.717, 1.165) is 25.0 Å². The van der Waals surface area contributed by atoms with Gasteiger partial charge in [0.1, 0.15) is 5.75 Å². The van der Waals surface area contributed by atoms with E-state index in [2.05, 4.69) is 12.1 Å². The molecule has 0 N–H and O–H groups in total. The van der Waals surface area contributed by atoms with E-state index in [4.69, 9.17) is 9.47 Å². The Kier molecular flexibility index (Phi) is 4.83. The van der Waals surface area contributed by atoms with Gasteiger partial charge in [-0.1, -0.05) is 13.0 Å². The monoisotopic (exact) mass is 262 g/mol. The van der Waals surface area contributed by atoms with Crippen LogP contribution in [-0.2, 0) is 22.4 Å². The highest BCUT2D eigenvalue weighted by atomic mass is 16.6. The van der Waals surface area contributed by atoms with Crippen molar-refractivity contribution in [3.63, 3.8) is 0 Å². The van der Waals surface area contributed by atoms with Crippen LogP contribution >= 0.6 is 0 Å². The number of rotatable bonds is 5. The number of ether oxygens (including phenoxy) is 2. The van der Waals surface area contributed by atoms with Gasteiger partial charge in [-0.3, -0.25) is 0 Å². The van der Waals surface area contributed by atoms with Crippen LogP contribution in [0.2, 0.25) is 0 Å². The molecule has 1 atom stereocenters. The summed E-state index contributed by atoms with van der Waals surface area (Å²) < 4.78 is 10.7. The van der Waals surface area contributed by atoms with Crippen LogP contribution in [0.25, 0.3) is 0 Å². The summed E-state index contributed by atoms with van der Waals surface area (Å²) in [5, 5.41) is 0. The number of hydrogen-bond acceptors (Lipinski definition) is 3. The van der Waals surface area contributed by atoms with E-state index in [1.165, 1.54) is 24.0 Å². The summed E-state index contributed by atoms with van der Waals surface area (Å²) in [6.07, 6.45) is 5.57. The number of carbonyl (C=O) groups excluding carboxylic acids is 1. The molecule has 0 aromatic heterocycles. The van der Waals surface area contributed by atoms with E-state index in [0.29, 0.717) is 0 Å². The molecule has 0 spiro atoms. The van der Waals surface area contributed by atoms with Gasteiger partial charge in [0.25, 0.3) is 0 Å². The van der Waals surface area contributed by atoms with Crippen molar-refractivity contribution >= 4 is 5.97 Å². The van der Waals surface area contributed by atoms with Crippen molar-refractivity contribution < 1.29 is 14.3 Å². The molecule has 1 aliphatic carbocycles. The van der Waals surface area contributed by atoms with Crippen molar-refractivity contribution in [3.05, 3.63) is 29.3 Å². The second-order valence-corrected chi connectivity index (χ2v) is 5.14. The normalized spacial score (nSPS) is 15.5. The van der Waals surface area contributed by atoms with Crippen LogP contribution in [0.3, 0.4) is 0 Å². The van der Waals surface area contributed by atoms with Gasteiger partial charge in [-0.05, 0) is 62.3 Å². The molecular formula is C16H22O3. The molecule has 0 bridgehead atoms. The molecule has 3 nitrogen and oxygen atoms in total. The minimum atomic E-state index is -0.299. The molecule has 1 aromatic rings. The second kappa shape index (κ2) is 6.60. The lowest BCUT2D eigenvalue weighted by molar-refractivity contribution is -0.150. The SMILES string of the molecule is CCC(C)OC(=O)COc1ccc2c(c1)CCCC2. The summed E-state index contributed by atoms with van der Waals surface area (Å²) in [5.74, 6) is 0.467. The minimum Gasteiger partial charge on any atom is -0.482 e. The summed E-state index contributed by atoms with van der Waals surface area (Å²) >= 11 is 0. The van der Waals surface area contributed by atoms with Crippen LogP contribution in [0.1, 0.15) is 44.2 Å². The van der Waals surface area contributed by atoms with Gasteiger partial charge in [-0.25, -0.2) is 4.79 Å². The fourth-order valence-electron chi connectivity index (χ4n) is 2.28. The maximum absolute atomic E-state index is 11.5. The quantitative estimate of drug-likeness (QED) is 0.764. The van der Waals surface area contributed by atoms with Gasteiger partial charge < -0.3 is 9.47 Å². The van der Waals surface area contributed by atoms with E-state index < -0.39 is 0 Å². The predicted octanol–water partition coefficient (Wildman–Crippen LogP) is 3.29. The third kappa shape index (κ3) is 3.98. The number of carbonyl (C=O) groups is 1. The molecule has 3 heteroatoms. The van der Waals surface area contributed by atoms with E-state index in [1.807, 2.05) is 19.9 Å². The minimum absolute atomic E-state index is 0.0108. The zero-order valence-corrected chi connectivity index (χ0v) is 11.8. The fraction of sp³-hybridized carbons (Fsp3) is 0.562. The van der Waals surface area contributed by atoms with Gasteiger partial charge in [-0.15, -0.1) is 0 Å². The molecule has 19 heavy (non-hydrogen) atoms. The summed E-state index contributed by atoms with van der Waals surface area (Å²) in [5.41, 5.74) is 2.78. The van der Waals surface area contributed by atoms with Crippen LogP contribution in [-0.4, -0.2) is 18.7 Å². The number of fused-ring (bicyclic) bond motifs is 1. The summed E-state index contributed by atoms with van der Waals surface area (Å²) in [4.78, 5) is 11.5. The van der Waals surface area contributed by atoms with Crippen LogP contribution in [0.4, 0.5) is 0 Å². The number of benzene rings is 1. The summed E-state index contributed by atoms with van der Waals surface area (Å²) in [7, 11) is 0. The Morgan fingerprint density at radius 1 is 1.26 bits per heavy atom. The maximum atomic E-state index is 11.5. The Hall–Kier alpha value is -1.51. The Bertz CT molecular complexity index is 440. The topological polar surface area (TPSA) is 35.5 Å². The Morgan fingerprint density at radius 3 is 2.74 bits per heavy atom. The van der Waals surface area contributed by atoms with Gasteiger partial charge >= 0.3 is 5.97 Å². The first-order valence-corrected chi connectivity index (χ1v) is 7.13. The van der Waals surface area contributed by atoms with Gasteiger partial charge in [0.05, 0.1) is 6.10 Å². The Labute approximate surface area is 114 Å². The molecule has 0 amide bonds. The van der Waals surface area contributed by atoms with Gasteiger partial charge in [0, 0.05) is 0 Å². The van der Waals surface area contributed by atoms with Crippen molar-refractivity contribution in [3.8, 4) is 5.75 Å². The lowest BCUT2D eigenvalue weighted by Gasteiger charge is -2.17. The third-order valence-electron chi connectivity index (χ3n) is 3.58. The zero-order chi connectivity index (χ0) is 13.7. The highest BCUT2D eigenvalue weighted by Crippen LogP contribution is 2.25. The highest BCUT2D eigenvalue weighted by molar-refractivity contribution is 5.71. The zero-order valence-electron chi connectivity index (χ0n) is 11.8. The van der Waals surface area contributed by atoms with Gasteiger partial charge in [0.2, 0.25) is 0 Å². The fourth-order valence-corrected chi connectivity index (χ4v) is 2.28. The van der Waals surface area contributed by atoms with Crippen molar-refractivity contribution in [1.29, 1.82) is 0 Å². The molecule has 2 rings (SSSR count). The molecule has 0 fully saturated rings. The first kappa shape index (κ1) is 13.9. The molecule has 0 saturated carbocycles. The molecule has 104 valence electrons. The van der Waals surface area contributed by atoms with Crippen LogP contribution < -0.4 is 4.74 Å². The van der Waals surface area contributed by atoms with Crippen LogP contribution in [0.15, 0.2) is 18.2 Å². The average molecular weight is 262 g/mol. The first-order valence-electron chi connectivity index (χ1n) is 7.13. The van der Waals surface area contributed by atoms with E-state index in [9.17, 15) is 4.79 Å².